The van der Waals surface area contributed by atoms with E-state index in [9.17, 15) is 12.8 Å². The lowest BCUT2D eigenvalue weighted by atomic mass is 10.3. The van der Waals surface area contributed by atoms with Crippen LogP contribution in [0.25, 0.3) is 0 Å². The summed E-state index contributed by atoms with van der Waals surface area (Å²) in [5.41, 5.74) is 2.57. The third-order valence-electron chi connectivity index (χ3n) is 2.40. The average molecular weight is 317 g/mol. The molecule has 0 radical (unpaired) electrons. The molecular weight excluding hydrogens is 307 g/mol. The first-order valence-electron chi connectivity index (χ1n) is 5.32. The average Bonchev–Trinajstić information content (AvgIpc) is 2.42. The van der Waals surface area contributed by atoms with Crippen molar-refractivity contribution in [3.63, 3.8) is 0 Å². The molecule has 2 rings (SSSR count). The molecule has 20 heavy (non-hydrogen) atoms. The van der Waals surface area contributed by atoms with Gasteiger partial charge in [0.15, 0.2) is 0 Å². The molecule has 6 nitrogen and oxygen atoms in total. The lowest BCUT2D eigenvalue weighted by Gasteiger charge is -2.11. The molecule has 106 valence electrons. The molecule has 0 aliphatic heterocycles. The maximum atomic E-state index is 13.0. The maximum Gasteiger partial charge on any atom is 0.265 e. The summed E-state index contributed by atoms with van der Waals surface area (Å²) in [5, 5.41) is -0.187. The van der Waals surface area contributed by atoms with E-state index in [0.717, 1.165) is 12.3 Å². The standard InChI is InChI=1S/C11H10ClFN4O2S/c12-8-5-7(1-2-9(8)13)17-20(18,19)11-6-15-4-3-10(11)16-14/h1-6,17H,14H2,(H,15,16). The van der Waals surface area contributed by atoms with Gasteiger partial charge in [0.25, 0.3) is 10.0 Å². The number of hydrogen-bond acceptors (Lipinski definition) is 5. The zero-order valence-corrected chi connectivity index (χ0v) is 11.5. The molecular formula is C11H10ClFN4O2S. The Labute approximate surface area is 119 Å². The van der Waals surface area contributed by atoms with Gasteiger partial charge in [-0.3, -0.25) is 15.5 Å². The summed E-state index contributed by atoms with van der Waals surface area (Å²) in [6.07, 6.45) is 2.53. The lowest BCUT2D eigenvalue weighted by Crippen LogP contribution is -2.17. The van der Waals surface area contributed by atoms with E-state index in [1.807, 2.05) is 0 Å². The third-order valence-corrected chi connectivity index (χ3v) is 4.10. The normalized spacial score (nSPS) is 11.2. The molecule has 1 heterocycles. The Morgan fingerprint density at radius 1 is 1.30 bits per heavy atom. The Morgan fingerprint density at radius 3 is 2.70 bits per heavy atom. The van der Waals surface area contributed by atoms with Crippen LogP contribution in [-0.2, 0) is 10.0 Å². The molecule has 0 aliphatic carbocycles. The van der Waals surface area contributed by atoms with Crippen LogP contribution in [0.2, 0.25) is 5.02 Å². The zero-order chi connectivity index (χ0) is 14.8. The van der Waals surface area contributed by atoms with Crippen LogP contribution < -0.4 is 16.0 Å². The first-order chi connectivity index (χ1) is 9.44. The van der Waals surface area contributed by atoms with Crippen molar-refractivity contribution in [3.05, 3.63) is 47.5 Å². The van der Waals surface area contributed by atoms with Gasteiger partial charge in [0.2, 0.25) is 0 Å². The predicted octanol–water partition coefficient (Wildman–Crippen LogP) is 1.96. The zero-order valence-electron chi connectivity index (χ0n) is 9.97. The highest BCUT2D eigenvalue weighted by atomic mass is 35.5. The molecule has 1 aromatic heterocycles. The van der Waals surface area contributed by atoms with E-state index < -0.39 is 15.8 Å². The molecule has 0 fully saturated rings. The Kier molecular flexibility index (Phi) is 4.07. The van der Waals surface area contributed by atoms with Gasteiger partial charge in [0.05, 0.1) is 16.4 Å². The van der Waals surface area contributed by atoms with Crippen LogP contribution in [0.15, 0.2) is 41.6 Å². The van der Waals surface area contributed by atoms with Crippen molar-refractivity contribution in [1.82, 2.24) is 4.98 Å². The number of nitrogens with one attached hydrogen (secondary N) is 2. The van der Waals surface area contributed by atoms with Crippen molar-refractivity contribution in [1.29, 1.82) is 0 Å². The number of halogens is 2. The fourth-order valence-electron chi connectivity index (χ4n) is 1.48. The van der Waals surface area contributed by atoms with Crippen molar-refractivity contribution in [3.8, 4) is 0 Å². The Bertz CT molecular complexity index is 739. The fourth-order valence-corrected chi connectivity index (χ4v) is 2.83. The SMILES string of the molecule is NNc1ccncc1S(=O)(=O)Nc1ccc(F)c(Cl)c1. The minimum atomic E-state index is -3.92. The molecule has 0 saturated carbocycles. The fraction of sp³-hybridized carbons (Fsp3) is 0. The first kappa shape index (κ1) is 14.5. The first-order valence-corrected chi connectivity index (χ1v) is 7.18. The summed E-state index contributed by atoms with van der Waals surface area (Å²) in [4.78, 5) is 3.60. The molecule has 0 unspecified atom stereocenters. The summed E-state index contributed by atoms with van der Waals surface area (Å²) in [6, 6.07) is 4.89. The van der Waals surface area contributed by atoms with Gasteiger partial charge in [-0.05, 0) is 24.3 Å². The van der Waals surface area contributed by atoms with Crippen LogP contribution in [0.3, 0.4) is 0 Å². The van der Waals surface area contributed by atoms with Gasteiger partial charge >= 0.3 is 0 Å². The summed E-state index contributed by atoms with van der Waals surface area (Å²) in [7, 11) is -3.92. The smallest absolute Gasteiger partial charge is 0.265 e. The third kappa shape index (κ3) is 2.98. The molecule has 0 bridgehead atoms. The molecule has 0 saturated heterocycles. The second-order valence-corrected chi connectivity index (χ2v) is 5.81. The van der Waals surface area contributed by atoms with Gasteiger partial charge in [0, 0.05) is 12.4 Å². The van der Waals surface area contributed by atoms with Crippen LogP contribution in [0, 0.1) is 5.82 Å². The Morgan fingerprint density at radius 2 is 2.05 bits per heavy atom. The number of benzene rings is 1. The summed E-state index contributed by atoms with van der Waals surface area (Å²) >= 11 is 5.59. The highest BCUT2D eigenvalue weighted by molar-refractivity contribution is 7.92. The number of nitrogen functional groups attached to an aromatic ring is 1. The highest BCUT2D eigenvalue weighted by Crippen LogP contribution is 2.24. The van der Waals surface area contributed by atoms with Crippen molar-refractivity contribution in [2.45, 2.75) is 4.90 Å². The minimum Gasteiger partial charge on any atom is -0.323 e. The number of hydrazine groups is 1. The molecule has 0 atom stereocenters. The van der Waals surface area contributed by atoms with E-state index in [4.69, 9.17) is 17.4 Å². The van der Waals surface area contributed by atoms with E-state index in [0.29, 0.717) is 0 Å². The van der Waals surface area contributed by atoms with Gasteiger partial charge in [-0.25, -0.2) is 12.8 Å². The van der Waals surface area contributed by atoms with Crippen molar-refractivity contribution in [2.24, 2.45) is 5.84 Å². The van der Waals surface area contributed by atoms with Gasteiger partial charge in [-0.1, -0.05) is 11.6 Å². The van der Waals surface area contributed by atoms with E-state index in [2.05, 4.69) is 15.1 Å². The van der Waals surface area contributed by atoms with Gasteiger partial charge in [-0.2, -0.15) is 0 Å². The van der Waals surface area contributed by atoms with E-state index in [-0.39, 0.29) is 21.3 Å². The molecule has 0 amide bonds. The second-order valence-electron chi connectivity index (χ2n) is 3.75. The van der Waals surface area contributed by atoms with Crippen LogP contribution >= 0.6 is 11.6 Å². The number of nitrogens with zero attached hydrogens (tertiary/aromatic N) is 1. The van der Waals surface area contributed by atoms with Crippen LogP contribution in [-0.4, -0.2) is 13.4 Å². The molecule has 2 aromatic rings. The van der Waals surface area contributed by atoms with Gasteiger partial charge in [0.1, 0.15) is 10.7 Å². The highest BCUT2D eigenvalue weighted by Gasteiger charge is 2.19. The van der Waals surface area contributed by atoms with E-state index in [1.54, 1.807) is 0 Å². The number of sulfonamides is 1. The predicted molar refractivity (Wildman–Crippen MR) is 74.3 cm³/mol. The Hall–Kier alpha value is -1.90. The van der Waals surface area contributed by atoms with Crippen molar-refractivity contribution in [2.75, 3.05) is 10.1 Å². The Balaban J connectivity index is 2.38. The monoisotopic (exact) mass is 316 g/mol. The van der Waals surface area contributed by atoms with Crippen LogP contribution in [0.4, 0.5) is 15.8 Å². The second kappa shape index (κ2) is 5.61. The van der Waals surface area contributed by atoms with Gasteiger partial charge < -0.3 is 5.43 Å². The molecule has 1 aromatic carbocycles. The van der Waals surface area contributed by atoms with Crippen molar-refractivity contribution < 1.29 is 12.8 Å². The van der Waals surface area contributed by atoms with Crippen LogP contribution in [0.1, 0.15) is 0 Å². The summed E-state index contributed by atoms with van der Waals surface area (Å²) in [5.74, 6) is 4.61. The quantitative estimate of drug-likeness (QED) is 0.592. The lowest BCUT2D eigenvalue weighted by molar-refractivity contribution is 0.601. The topological polar surface area (TPSA) is 97.1 Å². The number of hydrogen-bond donors (Lipinski definition) is 3. The molecule has 9 heteroatoms. The van der Waals surface area contributed by atoms with Crippen molar-refractivity contribution >= 4 is 33.0 Å². The van der Waals surface area contributed by atoms with E-state index in [1.165, 1.54) is 24.4 Å². The molecule has 4 N–H and O–H groups in total. The molecule has 0 spiro atoms. The van der Waals surface area contributed by atoms with Gasteiger partial charge in [-0.15, -0.1) is 0 Å². The largest absolute Gasteiger partial charge is 0.323 e. The number of rotatable bonds is 4. The minimum absolute atomic E-state index is 0.128. The summed E-state index contributed by atoms with van der Waals surface area (Å²) in [6.45, 7) is 0. The molecule has 0 aliphatic rings. The number of nitrogens with two attached hydrogens (primary N) is 1. The number of anilines is 2. The summed E-state index contributed by atoms with van der Waals surface area (Å²) < 4.78 is 39.7. The van der Waals surface area contributed by atoms with E-state index >= 15 is 0 Å². The number of aromatic nitrogens is 1. The number of pyridine rings is 1. The van der Waals surface area contributed by atoms with Crippen LogP contribution in [0.5, 0.6) is 0 Å². The maximum absolute atomic E-state index is 13.0.